The largest absolute Gasteiger partial charge is 0.496 e. The van der Waals surface area contributed by atoms with Crippen molar-refractivity contribution in [1.29, 1.82) is 0 Å². The van der Waals surface area contributed by atoms with Crippen molar-refractivity contribution in [2.45, 2.75) is 50.1 Å². The molecule has 2 saturated heterocycles. The van der Waals surface area contributed by atoms with Crippen molar-refractivity contribution < 1.29 is 17.9 Å². The SMILES string of the molecule is COc1ccc(S(=O)(=O)NCc2ccccc2CN2CCCCC2)cc1C(=O)N1CCCC1. The van der Waals surface area contributed by atoms with Gasteiger partial charge in [0.2, 0.25) is 10.0 Å². The van der Waals surface area contributed by atoms with Gasteiger partial charge in [-0.15, -0.1) is 0 Å². The predicted octanol–water partition coefficient (Wildman–Crippen LogP) is 3.40. The van der Waals surface area contributed by atoms with E-state index in [1.807, 2.05) is 18.2 Å². The minimum absolute atomic E-state index is 0.0689. The number of nitrogens with zero attached hydrogens (tertiary/aromatic N) is 2. The highest BCUT2D eigenvalue weighted by molar-refractivity contribution is 7.89. The number of piperidine rings is 1. The molecule has 0 aliphatic carbocycles. The number of carbonyl (C=O) groups is 1. The van der Waals surface area contributed by atoms with E-state index in [2.05, 4.69) is 15.7 Å². The zero-order chi connectivity index (χ0) is 23.3. The van der Waals surface area contributed by atoms with Gasteiger partial charge in [-0.05, 0) is 68.1 Å². The van der Waals surface area contributed by atoms with Gasteiger partial charge in [-0.25, -0.2) is 13.1 Å². The summed E-state index contributed by atoms with van der Waals surface area (Å²) in [7, 11) is -2.31. The summed E-state index contributed by atoms with van der Waals surface area (Å²) in [6, 6.07) is 12.4. The van der Waals surface area contributed by atoms with Crippen LogP contribution in [0.2, 0.25) is 0 Å². The molecule has 33 heavy (non-hydrogen) atoms. The van der Waals surface area contributed by atoms with Gasteiger partial charge < -0.3 is 9.64 Å². The average Bonchev–Trinajstić information content (AvgIpc) is 3.38. The molecule has 0 radical (unpaired) electrons. The van der Waals surface area contributed by atoms with Gasteiger partial charge in [-0.3, -0.25) is 9.69 Å². The molecule has 1 N–H and O–H groups in total. The van der Waals surface area contributed by atoms with E-state index < -0.39 is 10.0 Å². The monoisotopic (exact) mass is 471 g/mol. The van der Waals surface area contributed by atoms with Gasteiger partial charge >= 0.3 is 0 Å². The van der Waals surface area contributed by atoms with Crippen molar-refractivity contribution in [3.63, 3.8) is 0 Å². The number of nitrogens with one attached hydrogen (secondary N) is 1. The summed E-state index contributed by atoms with van der Waals surface area (Å²) in [5.74, 6) is 0.200. The molecule has 1 amide bonds. The third-order valence-electron chi connectivity index (χ3n) is 6.52. The fourth-order valence-electron chi connectivity index (χ4n) is 4.61. The number of likely N-dealkylation sites (tertiary alicyclic amines) is 2. The van der Waals surface area contributed by atoms with Crippen LogP contribution in [0.5, 0.6) is 5.75 Å². The minimum Gasteiger partial charge on any atom is -0.496 e. The molecule has 2 aliphatic heterocycles. The topological polar surface area (TPSA) is 79.0 Å². The summed E-state index contributed by atoms with van der Waals surface area (Å²) >= 11 is 0. The molecule has 0 spiro atoms. The van der Waals surface area contributed by atoms with Gasteiger partial charge in [0.25, 0.3) is 5.91 Å². The van der Waals surface area contributed by atoms with Crippen molar-refractivity contribution in [1.82, 2.24) is 14.5 Å². The van der Waals surface area contributed by atoms with Gasteiger partial charge in [0, 0.05) is 26.2 Å². The summed E-state index contributed by atoms with van der Waals surface area (Å²) < 4.78 is 34.3. The summed E-state index contributed by atoms with van der Waals surface area (Å²) in [4.78, 5) is 17.2. The average molecular weight is 472 g/mol. The highest BCUT2D eigenvalue weighted by atomic mass is 32.2. The molecule has 2 aromatic rings. The summed E-state index contributed by atoms with van der Waals surface area (Å²) in [6.45, 7) is 4.57. The summed E-state index contributed by atoms with van der Waals surface area (Å²) in [6.07, 6.45) is 5.63. The maximum absolute atomic E-state index is 13.1. The Bertz CT molecular complexity index is 1070. The van der Waals surface area contributed by atoms with Crippen molar-refractivity contribution in [2.24, 2.45) is 0 Å². The summed E-state index contributed by atoms with van der Waals surface area (Å²) in [5.41, 5.74) is 2.39. The zero-order valence-electron chi connectivity index (χ0n) is 19.3. The maximum atomic E-state index is 13.1. The second kappa shape index (κ2) is 10.7. The molecule has 0 bridgehead atoms. The fraction of sp³-hybridized carbons (Fsp3) is 0.480. The Morgan fingerprint density at radius 3 is 2.30 bits per heavy atom. The lowest BCUT2D eigenvalue weighted by Crippen LogP contribution is -2.30. The second-order valence-electron chi connectivity index (χ2n) is 8.79. The molecule has 2 aliphatic rings. The van der Waals surface area contributed by atoms with Crippen molar-refractivity contribution >= 4 is 15.9 Å². The van der Waals surface area contributed by atoms with Crippen molar-refractivity contribution in [2.75, 3.05) is 33.3 Å². The first kappa shape index (κ1) is 23.7. The van der Waals surface area contributed by atoms with Gasteiger partial charge in [-0.1, -0.05) is 30.7 Å². The second-order valence-corrected chi connectivity index (χ2v) is 10.6. The fourth-order valence-corrected chi connectivity index (χ4v) is 5.64. The molecule has 178 valence electrons. The number of carbonyl (C=O) groups excluding carboxylic acids is 1. The van der Waals surface area contributed by atoms with Gasteiger partial charge in [0.05, 0.1) is 17.6 Å². The van der Waals surface area contributed by atoms with Crippen LogP contribution in [0.15, 0.2) is 47.4 Å². The highest BCUT2D eigenvalue weighted by Crippen LogP contribution is 2.26. The van der Waals surface area contributed by atoms with E-state index in [-0.39, 0.29) is 22.9 Å². The molecular formula is C25H33N3O4S. The van der Waals surface area contributed by atoms with Crippen molar-refractivity contribution in [3.8, 4) is 5.75 Å². The Morgan fingerprint density at radius 2 is 1.61 bits per heavy atom. The standard InChI is InChI=1S/C25H33N3O4S/c1-32-24-12-11-22(17-23(24)25(29)28-15-7-8-16-28)33(30,31)26-18-20-9-3-4-10-21(20)19-27-13-5-2-6-14-27/h3-4,9-12,17,26H,2,5-8,13-16,18-19H2,1H3. The first-order valence-electron chi connectivity index (χ1n) is 11.7. The van der Waals surface area contributed by atoms with Crippen LogP contribution in [-0.2, 0) is 23.1 Å². The third kappa shape index (κ3) is 5.75. The molecule has 2 aromatic carbocycles. The maximum Gasteiger partial charge on any atom is 0.257 e. The first-order chi connectivity index (χ1) is 16.0. The summed E-state index contributed by atoms with van der Waals surface area (Å²) in [5, 5.41) is 0. The lowest BCUT2D eigenvalue weighted by Gasteiger charge is -2.27. The van der Waals surface area contributed by atoms with Crippen LogP contribution in [0.25, 0.3) is 0 Å². The van der Waals surface area contributed by atoms with E-state index in [1.54, 1.807) is 11.0 Å². The predicted molar refractivity (Wildman–Crippen MR) is 128 cm³/mol. The molecule has 0 atom stereocenters. The van der Waals surface area contributed by atoms with E-state index in [1.165, 1.54) is 38.5 Å². The van der Waals surface area contributed by atoms with Crippen LogP contribution in [-0.4, -0.2) is 57.4 Å². The number of sulfonamides is 1. The smallest absolute Gasteiger partial charge is 0.257 e. The third-order valence-corrected chi connectivity index (χ3v) is 7.92. The number of amides is 1. The lowest BCUT2D eigenvalue weighted by atomic mass is 10.1. The van der Waals surface area contributed by atoms with Crippen LogP contribution in [0.3, 0.4) is 0 Å². The van der Waals surface area contributed by atoms with Crippen LogP contribution in [0.4, 0.5) is 0 Å². The molecule has 0 saturated carbocycles. The molecule has 2 fully saturated rings. The number of methoxy groups -OCH3 is 1. The van der Waals surface area contributed by atoms with Crippen molar-refractivity contribution in [3.05, 3.63) is 59.2 Å². The van der Waals surface area contributed by atoms with Crippen LogP contribution in [0, 0.1) is 0 Å². The van der Waals surface area contributed by atoms with Crippen LogP contribution < -0.4 is 9.46 Å². The number of hydrogen-bond donors (Lipinski definition) is 1. The quantitative estimate of drug-likeness (QED) is 0.639. The van der Waals surface area contributed by atoms with Gasteiger partial charge in [-0.2, -0.15) is 0 Å². The van der Waals surface area contributed by atoms with E-state index >= 15 is 0 Å². The van der Waals surface area contributed by atoms with E-state index in [0.717, 1.165) is 43.6 Å². The normalized spacial score (nSPS) is 17.3. The Hall–Kier alpha value is -2.42. The molecule has 2 heterocycles. The molecule has 0 unspecified atom stereocenters. The Kier molecular flexibility index (Phi) is 7.67. The Labute approximate surface area is 196 Å². The zero-order valence-corrected chi connectivity index (χ0v) is 20.1. The number of hydrogen-bond acceptors (Lipinski definition) is 5. The number of benzene rings is 2. The first-order valence-corrected chi connectivity index (χ1v) is 13.2. The van der Waals surface area contributed by atoms with Gasteiger partial charge in [0.15, 0.2) is 0 Å². The molecule has 7 nitrogen and oxygen atoms in total. The Balaban J connectivity index is 1.50. The van der Waals surface area contributed by atoms with E-state index in [4.69, 9.17) is 4.74 Å². The number of rotatable bonds is 8. The molecule has 4 rings (SSSR count). The van der Waals surface area contributed by atoms with Crippen LogP contribution in [0.1, 0.15) is 53.6 Å². The highest BCUT2D eigenvalue weighted by Gasteiger charge is 2.25. The van der Waals surface area contributed by atoms with E-state index in [0.29, 0.717) is 18.8 Å². The molecule has 8 heteroatoms. The molecular weight excluding hydrogens is 438 g/mol. The molecule has 0 aromatic heterocycles. The van der Waals surface area contributed by atoms with E-state index in [9.17, 15) is 13.2 Å². The Morgan fingerprint density at radius 1 is 0.939 bits per heavy atom. The lowest BCUT2D eigenvalue weighted by molar-refractivity contribution is 0.0789. The minimum atomic E-state index is -3.80. The van der Waals surface area contributed by atoms with Crippen LogP contribution >= 0.6 is 0 Å². The number of ether oxygens (including phenoxy) is 1. The van der Waals surface area contributed by atoms with Gasteiger partial charge in [0.1, 0.15) is 5.75 Å².